The van der Waals surface area contributed by atoms with Crippen LogP contribution in [0, 0.1) is 23.2 Å². The molecule has 5 aliphatic rings. The molecule has 0 amide bonds. The number of hydrogen-bond donors (Lipinski definition) is 0. The Labute approximate surface area is 173 Å². The van der Waals surface area contributed by atoms with Crippen LogP contribution in [0.25, 0.3) is 0 Å². The minimum atomic E-state index is -0.346. The van der Waals surface area contributed by atoms with Gasteiger partial charge in [-0.1, -0.05) is 33.3 Å². The van der Waals surface area contributed by atoms with Gasteiger partial charge in [0.25, 0.3) is 0 Å². The lowest BCUT2D eigenvalue weighted by atomic mass is 9.43. The van der Waals surface area contributed by atoms with Crippen LogP contribution in [-0.2, 0) is 16.6 Å². The zero-order valence-electron chi connectivity index (χ0n) is 18.2. The number of carbonyl (C=O) groups is 1. The number of Topliss-reactive ketones (excluding diaryl/α,β-unsaturated/α-hetero) is 1. The second kappa shape index (κ2) is 5.78. The molecule has 6 rings (SSSR count). The van der Waals surface area contributed by atoms with Gasteiger partial charge in [0.15, 0.2) is 23.4 Å². The monoisotopic (exact) mass is 395 g/mol. The summed E-state index contributed by atoms with van der Waals surface area (Å²) in [6.07, 6.45) is 5.62. The Morgan fingerprint density at radius 1 is 1.28 bits per heavy atom. The summed E-state index contributed by atoms with van der Waals surface area (Å²) in [5.41, 5.74) is 2.22. The van der Waals surface area contributed by atoms with Crippen LogP contribution in [0.2, 0.25) is 0 Å². The summed E-state index contributed by atoms with van der Waals surface area (Å²) in [7, 11) is 1.71. The van der Waals surface area contributed by atoms with Crippen molar-refractivity contribution in [3.8, 4) is 11.5 Å². The second-order valence-electron chi connectivity index (χ2n) is 10.8. The van der Waals surface area contributed by atoms with Crippen LogP contribution in [0.1, 0.15) is 57.6 Å². The molecule has 0 N–H and O–H groups in total. The van der Waals surface area contributed by atoms with E-state index in [1.165, 1.54) is 30.5 Å². The number of ketones is 1. The van der Waals surface area contributed by atoms with Gasteiger partial charge in [0.1, 0.15) is 0 Å². The van der Waals surface area contributed by atoms with Gasteiger partial charge in [-0.25, -0.2) is 0 Å². The molecule has 1 aromatic rings. The molecule has 2 saturated carbocycles. The molecule has 2 heterocycles. The molecule has 0 aromatic heterocycles. The van der Waals surface area contributed by atoms with E-state index in [4.69, 9.17) is 9.47 Å². The third kappa shape index (κ3) is 2.12. The zero-order chi connectivity index (χ0) is 20.1. The van der Waals surface area contributed by atoms with E-state index in [1.807, 2.05) is 0 Å². The van der Waals surface area contributed by atoms with Crippen molar-refractivity contribution in [2.75, 3.05) is 20.2 Å². The van der Waals surface area contributed by atoms with Crippen LogP contribution in [0.3, 0.4) is 0 Å². The highest BCUT2D eigenvalue weighted by Crippen LogP contribution is 2.67. The Hall–Kier alpha value is -1.55. The van der Waals surface area contributed by atoms with E-state index in [1.54, 1.807) is 7.11 Å². The lowest BCUT2D eigenvalue weighted by molar-refractivity contribution is -0.165. The van der Waals surface area contributed by atoms with Crippen LogP contribution in [0.4, 0.5) is 0 Å². The Balaban J connectivity index is 1.58. The SMILES string of the molecule is CC[C@@H]1[C@H]2[C@H]3Cc4ccc(OC)c5c4[C@@]2(CCN3CC2CC2)[C@@H](O5)C(=O)C1(C)C. The average molecular weight is 396 g/mol. The zero-order valence-corrected chi connectivity index (χ0v) is 18.2. The predicted octanol–water partition coefficient (Wildman–Crippen LogP) is 3.99. The molecule has 1 aromatic carbocycles. The summed E-state index contributed by atoms with van der Waals surface area (Å²) in [6, 6.07) is 4.83. The fraction of sp³-hybridized carbons (Fsp3) is 0.720. The fourth-order valence-electron chi connectivity index (χ4n) is 7.73. The molecule has 4 nitrogen and oxygen atoms in total. The summed E-state index contributed by atoms with van der Waals surface area (Å²) in [5.74, 6) is 3.75. The molecule has 1 spiro atoms. The average Bonchev–Trinajstić information content (AvgIpc) is 3.45. The van der Waals surface area contributed by atoms with E-state index in [-0.39, 0.29) is 16.9 Å². The summed E-state index contributed by atoms with van der Waals surface area (Å²) >= 11 is 0. The molecule has 3 fully saturated rings. The number of piperidine rings is 1. The highest BCUT2D eigenvalue weighted by molar-refractivity contribution is 5.94. The van der Waals surface area contributed by atoms with E-state index >= 15 is 0 Å². The number of hydrogen-bond acceptors (Lipinski definition) is 4. The number of benzene rings is 1. The molecule has 3 aliphatic carbocycles. The highest BCUT2D eigenvalue weighted by Gasteiger charge is 2.71. The van der Waals surface area contributed by atoms with Crippen LogP contribution in [0.5, 0.6) is 11.5 Å². The highest BCUT2D eigenvalue weighted by atomic mass is 16.5. The molecule has 2 bridgehead atoms. The van der Waals surface area contributed by atoms with Crippen molar-refractivity contribution >= 4 is 5.78 Å². The van der Waals surface area contributed by atoms with E-state index in [0.717, 1.165) is 43.2 Å². The predicted molar refractivity (Wildman–Crippen MR) is 112 cm³/mol. The standard InChI is InChI=1S/C25H33NO3/c1-5-16-20-17-12-15-8-9-18(28-4)21-19(15)25(20,10-11-26(17)13-14-6-7-14)23(29-21)22(27)24(16,2)3/h8-9,14,16-17,20,23H,5-7,10-13H2,1-4H3/t16-,17-,20+,23+,25-/m1/s1. The van der Waals surface area contributed by atoms with Crippen molar-refractivity contribution in [3.05, 3.63) is 23.3 Å². The quantitative estimate of drug-likeness (QED) is 0.773. The Kier molecular flexibility index (Phi) is 3.63. The summed E-state index contributed by atoms with van der Waals surface area (Å²) in [6.45, 7) is 8.98. The van der Waals surface area contributed by atoms with Crippen molar-refractivity contribution in [3.63, 3.8) is 0 Å². The smallest absolute Gasteiger partial charge is 0.180 e. The van der Waals surface area contributed by atoms with Crippen LogP contribution >= 0.6 is 0 Å². The first-order valence-corrected chi connectivity index (χ1v) is 11.6. The van der Waals surface area contributed by atoms with Crippen LogP contribution < -0.4 is 9.47 Å². The fourth-order valence-corrected chi connectivity index (χ4v) is 7.73. The maximum atomic E-state index is 13.8. The molecule has 4 heteroatoms. The van der Waals surface area contributed by atoms with E-state index in [9.17, 15) is 4.79 Å². The minimum absolute atomic E-state index is 0.157. The molecule has 156 valence electrons. The third-order valence-electron chi connectivity index (χ3n) is 9.18. The number of methoxy groups -OCH3 is 1. The van der Waals surface area contributed by atoms with E-state index < -0.39 is 0 Å². The number of rotatable bonds is 4. The van der Waals surface area contributed by atoms with Gasteiger partial charge in [-0.05, 0) is 61.6 Å². The van der Waals surface area contributed by atoms with Crippen molar-refractivity contribution in [2.24, 2.45) is 23.2 Å². The van der Waals surface area contributed by atoms with Gasteiger partial charge in [0.05, 0.1) is 7.11 Å². The van der Waals surface area contributed by atoms with Crippen molar-refractivity contribution < 1.29 is 14.3 Å². The lowest BCUT2D eigenvalue weighted by Gasteiger charge is -2.63. The van der Waals surface area contributed by atoms with E-state index in [0.29, 0.717) is 23.7 Å². The van der Waals surface area contributed by atoms with Gasteiger partial charge in [0, 0.05) is 29.0 Å². The van der Waals surface area contributed by atoms with Crippen molar-refractivity contribution in [1.82, 2.24) is 4.90 Å². The number of nitrogens with zero attached hydrogens (tertiary/aromatic N) is 1. The largest absolute Gasteiger partial charge is 0.493 e. The number of ether oxygens (including phenoxy) is 2. The first-order valence-electron chi connectivity index (χ1n) is 11.6. The van der Waals surface area contributed by atoms with Crippen LogP contribution in [0.15, 0.2) is 12.1 Å². The molecular weight excluding hydrogens is 362 g/mol. The molecular formula is C25H33NO3. The van der Waals surface area contributed by atoms with Crippen molar-refractivity contribution in [1.29, 1.82) is 0 Å². The Morgan fingerprint density at radius 3 is 2.76 bits per heavy atom. The van der Waals surface area contributed by atoms with Gasteiger partial charge in [-0.3, -0.25) is 9.69 Å². The Morgan fingerprint density at radius 2 is 2.07 bits per heavy atom. The first kappa shape index (κ1) is 18.2. The summed E-state index contributed by atoms with van der Waals surface area (Å²) < 4.78 is 12.3. The van der Waals surface area contributed by atoms with Gasteiger partial charge in [0.2, 0.25) is 0 Å². The Bertz CT molecular complexity index is 888. The summed E-state index contributed by atoms with van der Waals surface area (Å²) in [5, 5.41) is 0. The number of likely N-dealkylation sites (tertiary alicyclic amines) is 1. The lowest BCUT2D eigenvalue weighted by Crippen LogP contribution is -2.72. The van der Waals surface area contributed by atoms with Gasteiger partial charge in [-0.15, -0.1) is 0 Å². The van der Waals surface area contributed by atoms with E-state index in [2.05, 4.69) is 37.8 Å². The molecule has 29 heavy (non-hydrogen) atoms. The maximum Gasteiger partial charge on any atom is 0.180 e. The van der Waals surface area contributed by atoms with Gasteiger partial charge in [-0.2, -0.15) is 0 Å². The topological polar surface area (TPSA) is 38.8 Å². The second-order valence-corrected chi connectivity index (χ2v) is 10.8. The maximum absolute atomic E-state index is 13.8. The summed E-state index contributed by atoms with van der Waals surface area (Å²) in [4.78, 5) is 16.6. The van der Waals surface area contributed by atoms with Gasteiger partial charge < -0.3 is 9.47 Å². The molecule has 1 saturated heterocycles. The first-order chi connectivity index (χ1) is 13.9. The molecule has 0 unspecified atom stereocenters. The number of carbonyl (C=O) groups excluding carboxylic acids is 1. The van der Waals surface area contributed by atoms with Crippen LogP contribution in [-0.4, -0.2) is 43.0 Å². The normalized spacial score (nSPS) is 39.1. The minimum Gasteiger partial charge on any atom is -0.493 e. The molecule has 5 atom stereocenters. The molecule has 2 aliphatic heterocycles. The molecule has 0 radical (unpaired) electrons. The van der Waals surface area contributed by atoms with Crippen molar-refractivity contribution in [2.45, 2.75) is 70.4 Å². The third-order valence-corrected chi connectivity index (χ3v) is 9.18. The van der Waals surface area contributed by atoms with Gasteiger partial charge >= 0.3 is 0 Å².